The van der Waals surface area contributed by atoms with Gasteiger partial charge in [0.2, 0.25) is 6.79 Å². The lowest BCUT2D eigenvalue weighted by Crippen LogP contribution is -2.07. The number of benzene rings is 1. The average Bonchev–Trinajstić information content (AvgIpc) is 2.98. The molecule has 1 N–H and O–H groups in total. The molecule has 0 fully saturated rings. The Labute approximate surface area is 111 Å². The molecule has 96 valence electrons. The first-order chi connectivity index (χ1) is 8.85. The maximum Gasteiger partial charge on any atom is 0.231 e. The molecule has 2 aliphatic heterocycles. The molecule has 0 bridgehead atoms. The first-order valence-corrected chi connectivity index (χ1v) is 7.11. The third-order valence-corrected chi connectivity index (χ3v) is 4.12. The van der Waals surface area contributed by atoms with Crippen molar-refractivity contribution in [3.05, 3.63) is 18.2 Å². The van der Waals surface area contributed by atoms with E-state index in [1.165, 1.54) is 12.8 Å². The zero-order chi connectivity index (χ0) is 12.4. The van der Waals surface area contributed by atoms with Crippen LogP contribution in [-0.4, -0.2) is 23.8 Å². The maximum absolute atomic E-state index is 5.35. The highest BCUT2D eigenvalue weighted by molar-refractivity contribution is 8.15. The Hall–Kier alpha value is -1.36. The molecule has 0 aliphatic carbocycles. The second kappa shape index (κ2) is 5.10. The Morgan fingerprint density at radius 1 is 1.39 bits per heavy atom. The minimum Gasteiger partial charge on any atom is -0.454 e. The minimum atomic E-state index is 0.313. The highest BCUT2D eigenvalue weighted by Gasteiger charge is 2.19. The summed E-state index contributed by atoms with van der Waals surface area (Å²) >= 11 is 1.83. The van der Waals surface area contributed by atoms with Crippen molar-refractivity contribution in [2.45, 2.75) is 25.0 Å². The number of amidine groups is 1. The Kier molecular flexibility index (Phi) is 3.32. The molecule has 2 heterocycles. The largest absolute Gasteiger partial charge is 0.454 e. The van der Waals surface area contributed by atoms with Crippen molar-refractivity contribution in [3.63, 3.8) is 0 Å². The topological polar surface area (TPSA) is 42.9 Å². The van der Waals surface area contributed by atoms with Crippen LogP contribution in [0, 0.1) is 0 Å². The number of hydrogen-bond donors (Lipinski definition) is 1. The number of anilines is 1. The van der Waals surface area contributed by atoms with Crippen molar-refractivity contribution >= 4 is 22.6 Å². The minimum absolute atomic E-state index is 0.313. The number of rotatable bonds is 3. The fraction of sp³-hybridized carbons (Fsp3) is 0.462. The van der Waals surface area contributed by atoms with Crippen LogP contribution in [0.4, 0.5) is 5.69 Å². The fourth-order valence-electron chi connectivity index (χ4n) is 2.06. The van der Waals surface area contributed by atoms with E-state index >= 15 is 0 Å². The second-order valence-corrected chi connectivity index (χ2v) is 5.66. The number of nitrogens with zero attached hydrogens (tertiary/aromatic N) is 1. The molecule has 3 rings (SSSR count). The first kappa shape index (κ1) is 11.7. The van der Waals surface area contributed by atoms with Crippen LogP contribution in [0.25, 0.3) is 0 Å². The summed E-state index contributed by atoms with van der Waals surface area (Å²) in [7, 11) is 0. The molecule has 0 saturated heterocycles. The third-order valence-electron chi connectivity index (χ3n) is 2.95. The Morgan fingerprint density at radius 3 is 3.17 bits per heavy atom. The maximum atomic E-state index is 5.35. The first-order valence-electron chi connectivity index (χ1n) is 6.23. The van der Waals surface area contributed by atoms with Crippen LogP contribution in [0.1, 0.15) is 19.8 Å². The van der Waals surface area contributed by atoms with Crippen LogP contribution in [0.2, 0.25) is 0 Å². The van der Waals surface area contributed by atoms with Crippen molar-refractivity contribution in [2.24, 2.45) is 4.99 Å². The van der Waals surface area contributed by atoms with Crippen LogP contribution >= 0.6 is 11.8 Å². The second-order valence-electron chi connectivity index (χ2n) is 4.37. The van der Waals surface area contributed by atoms with Crippen molar-refractivity contribution in [3.8, 4) is 11.5 Å². The predicted molar refractivity (Wildman–Crippen MR) is 74.8 cm³/mol. The lowest BCUT2D eigenvalue weighted by atomic mass is 10.2. The van der Waals surface area contributed by atoms with Crippen LogP contribution < -0.4 is 14.8 Å². The number of thioether (sulfide) groups is 1. The molecule has 4 nitrogen and oxygen atoms in total. The van der Waals surface area contributed by atoms with Gasteiger partial charge in [-0.1, -0.05) is 25.1 Å². The number of nitrogens with one attached hydrogen (secondary N) is 1. The van der Waals surface area contributed by atoms with Gasteiger partial charge in [-0.2, -0.15) is 0 Å². The third kappa shape index (κ3) is 2.41. The summed E-state index contributed by atoms with van der Waals surface area (Å²) in [5.74, 6) is 1.61. The van der Waals surface area contributed by atoms with Gasteiger partial charge in [0.25, 0.3) is 0 Å². The van der Waals surface area contributed by atoms with E-state index in [0.29, 0.717) is 12.0 Å². The molecule has 0 radical (unpaired) electrons. The van der Waals surface area contributed by atoms with Gasteiger partial charge in [0, 0.05) is 17.0 Å². The van der Waals surface area contributed by atoms with E-state index in [1.54, 1.807) is 0 Å². The van der Waals surface area contributed by atoms with E-state index in [4.69, 9.17) is 9.47 Å². The summed E-state index contributed by atoms with van der Waals surface area (Å²) in [5.41, 5.74) is 1.00. The van der Waals surface area contributed by atoms with Gasteiger partial charge in [-0.05, 0) is 18.6 Å². The van der Waals surface area contributed by atoms with Gasteiger partial charge < -0.3 is 14.8 Å². The van der Waals surface area contributed by atoms with Gasteiger partial charge in [-0.15, -0.1) is 0 Å². The number of ether oxygens (including phenoxy) is 2. The van der Waals surface area contributed by atoms with E-state index in [2.05, 4.69) is 17.2 Å². The smallest absolute Gasteiger partial charge is 0.231 e. The monoisotopic (exact) mass is 264 g/mol. The van der Waals surface area contributed by atoms with Gasteiger partial charge in [0.15, 0.2) is 16.7 Å². The van der Waals surface area contributed by atoms with Crippen molar-refractivity contribution < 1.29 is 9.47 Å². The van der Waals surface area contributed by atoms with Crippen molar-refractivity contribution in [1.82, 2.24) is 0 Å². The van der Waals surface area contributed by atoms with Gasteiger partial charge in [0.05, 0.1) is 6.54 Å². The van der Waals surface area contributed by atoms with Crippen molar-refractivity contribution in [1.29, 1.82) is 0 Å². The van der Waals surface area contributed by atoms with E-state index in [-0.39, 0.29) is 0 Å². The van der Waals surface area contributed by atoms with E-state index in [9.17, 15) is 0 Å². The zero-order valence-electron chi connectivity index (χ0n) is 10.3. The van der Waals surface area contributed by atoms with Crippen LogP contribution in [0.5, 0.6) is 11.5 Å². The van der Waals surface area contributed by atoms with Gasteiger partial charge in [-0.25, -0.2) is 0 Å². The van der Waals surface area contributed by atoms with Crippen LogP contribution in [-0.2, 0) is 0 Å². The molecule has 0 amide bonds. The molecular weight excluding hydrogens is 248 g/mol. The molecule has 1 atom stereocenters. The SMILES string of the molecule is CCCC1CN=C(Nc2ccc3c(c2)OCO3)S1. The number of fused-ring (bicyclic) bond motifs is 1. The molecule has 1 aromatic carbocycles. The molecule has 18 heavy (non-hydrogen) atoms. The zero-order valence-corrected chi connectivity index (χ0v) is 11.1. The van der Waals surface area contributed by atoms with E-state index in [0.717, 1.165) is 28.9 Å². The van der Waals surface area contributed by atoms with Crippen molar-refractivity contribution in [2.75, 3.05) is 18.7 Å². The molecular formula is C13H16N2O2S. The summed E-state index contributed by atoms with van der Waals surface area (Å²) in [6, 6.07) is 5.87. The highest BCUT2D eigenvalue weighted by Crippen LogP contribution is 2.35. The van der Waals surface area contributed by atoms with E-state index < -0.39 is 0 Å². The quantitative estimate of drug-likeness (QED) is 0.911. The van der Waals surface area contributed by atoms with Crippen LogP contribution in [0.15, 0.2) is 23.2 Å². The Bertz CT molecular complexity index is 476. The van der Waals surface area contributed by atoms with Gasteiger partial charge >= 0.3 is 0 Å². The normalized spacial score (nSPS) is 20.9. The lowest BCUT2D eigenvalue weighted by Gasteiger charge is -2.08. The molecule has 1 aromatic rings. The summed E-state index contributed by atoms with van der Waals surface area (Å²) in [5, 5.41) is 4.97. The molecule has 5 heteroatoms. The Balaban J connectivity index is 1.64. The molecule has 0 spiro atoms. The summed E-state index contributed by atoms with van der Waals surface area (Å²) < 4.78 is 10.6. The molecule has 0 aromatic heterocycles. The number of aliphatic imine (C=N–C) groups is 1. The van der Waals surface area contributed by atoms with Gasteiger partial charge in [-0.3, -0.25) is 4.99 Å². The summed E-state index contributed by atoms with van der Waals surface area (Å²) in [4.78, 5) is 4.52. The Morgan fingerprint density at radius 2 is 2.28 bits per heavy atom. The van der Waals surface area contributed by atoms with E-state index in [1.807, 2.05) is 30.0 Å². The lowest BCUT2D eigenvalue weighted by molar-refractivity contribution is 0.174. The highest BCUT2D eigenvalue weighted by atomic mass is 32.2. The summed E-state index contributed by atoms with van der Waals surface area (Å²) in [6.45, 7) is 3.45. The van der Waals surface area contributed by atoms with Gasteiger partial charge in [0.1, 0.15) is 0 Å². The molecule has 1 unspecified atom stereocenters. The summed E-state index contributed by atoms with van der Waals surface area (Å²) in [6.07, 6.45) is 2.44. The molecule has 0 saturated carbocycles. The average molecular weight is 264 g/mol. The number of hydrogen-bond acceptors (Lipinski definition) is 5. The standard InChI is InChI=1S/C13H16N2O2S/c1-2-3-10-7-14-13(18-10)15-9-4-5-11-12(6-9)17-8-16-11/h4-6,10H,2-3,7-8H2,1H3,(H,14,15). The van der Waals surface area contributed by atoms with Crippen LogP contribution in [0.3, 0.4) is 0 Å². The molecule has 2 aliphatic rings. The predicted octanol–water partition coefficient (Wildman–Crippen LogP) is 3.10. The fourth-order valence-corrected chi connectivity index (χ4v) is 3.20.